The first-order valence-corrected chi connectivity index (χ1v) is 6.39. The maximum atomic E-state index is 12.0. The van der Waals surface area contributed by atoms with Gasteiger partial charge in [0.15, 0.2) is 0 Å². The molecule has 0 fully saturated rings. The number of ether oxygens (including phenoxy) is 2. The lowest BCUT2D eigenvalue weighted by Crippen LogP contribution is -2.45. The fourth-order valence-corrected chi connectivity index (χ4v) is 1.57. The van der Waals surface area contributed by atoms with Crippen molar-refractivity contribution in [2.75, 3.05) is 46.6 Å². The molecule has 6 nitrogen and oxygen atoms in total. The molecule has 3 N–H and O–H groups in total. The van der Waals surface area contributed by atoms with Gasteiger partial charge in [-0.15, -0.1) is 0 Å². The van der Waals surface area contributed by atoms with E-state index in [9.17, 15) is 4.79 Å². The maximum absolute atomic E-state index is 12.0. The molecule has 0 saturated carbocycles. The van der Waals surface area contributed by atoms with Gasteiger partial charge in [-0.1, -0.05) is 0 Å². The predicted molar refractivity (Wildman–Crippen MR) is 69.2 cm³/mol. The monoisotopic (exact) mass is 262 g/mol. The Balaban J connectivity index is 3.92. The molecule has 1 unspecified atom stereocenters. The third-order valence-electron chi connectivity index (χ3n) is 2.62. The molecule has 0 aromatic rings. The van der Waals surface area contributed by atoms with Crippen LogP contribution in [0.15, 0.2) is 0 Å². The number of aliphatic hydroxyl groups excluding tert-OH is 1. The van der Waals surface area contributed by atoms with E-state index in [1.807, 2.05) is 6.92 Å². The van der Waals surface area contributed by atoms with Crippen LogP contribution in [-0.4, -0.2) is 68.6 Å². The molecule has 18 heavy (non-hydrogen) atoms. The van der Waals surface area contributed by atoms with Crippen LogP contribution in [0.4, 0.5) is 0 Å². The highest BCUT2D eigenvalue weighted by Gasteiger charge is 2.19. The molecule has 0 rings (SSSR count). The summed E-state index contributed by atoms with van der Waals surface area (Å²) in [7, 11) is 1.63. The van der Waals surface area contributed by atoms with Crippen molar-refractivity contribution in [1.29, 1.82) is 0 Å². The zero-order chi connectivity index (χ0) is 13.8. The third kappa shape index (κ3) is 7.60. The number of hydrogen-bond donors (Lipinski definition) is 2. The zero-order valence-electron chi connectivity index (χ0n) is 11.4. The Morgan fingerprint density at radius 3 is 2.67 bits per heavy atom. The maximum Gasteiger partial charge on any atom is 0.239 e. The standard InChI is InChI=1S/C12H26N2O4/c1-3-14(6-9-18-10-7-15)12(16)11(13)5-4-8-17-2/h11,15H,3-10,13H2,1-2H3. The van der Waals surface area contributed by atoms with Crippen LogP contribution in [0.25, 0.3) is 0 Å². The molecule has 0 radical (unpaired) electrons. The summed E-state index contributed by atoms with van der Waals surface area (Å²) in [6.45, 7) is 4.36. The summed E-state index contributed by atoms with van der Waals surface area (Å²) >= 11 is 0. The van der Waals surface area contributed by atoms with Gasteiger partial charge < -0.3 is 25.2 Å². The molecule has 0 aromatic carbocycles. The third-order valence-corrected chi connectivity index (χ3v) is 2.62. The number of carbonyl (C=O) groups excluding carboxylic acids is 1. The highest BCUT2D eigenvalue weighted by Crippen LogP contribution is 2.01. The molecular weight excluding hydrogens is 236 g/mol. The minimum absolute atomic E-state index is 0.00337. The van der Waals surface area contributed by atoms with Crippen molar-refractivity contribution in [2.24, 2.45) is 5.73 Å². The quantitative estimate of drug-likeness (QED) is 0.495. The largest absolute Gasteiger partial charge is 0.394 e. The van der Waals surface area contributed by atoms with E-state index < -0.39 is 6.04 Å². The summed E-state index contributed by atoms with van der Waals surface area (Å²) < 4.78 is 10.1. The van der Waals surface area contributed by atoms with Gasteiger partial charge in [0.2, 0.25) is 5.91 Å². The van der Waals surface area contributed by atoms with Crippen LogP contribution in [0, 0.1) is 0 Å². The van der Waals surface area contributed by atoms with Crippen LogP contribution in [-0.2, 0) is 14.3 Å². The van der Waals surface area contributed by atoms with Gasteiger partial charge in [0.1, 0.15) is 0 Å². The first-order chi connectivity index (χ1) is 8.67. The Morgan fingerprint density at radius 2 is 2.11 bits per heavy atom. The van der Waals surface area contributed by atoms with E-state index in [0.717, 1.165) is 6.42 Å². The van der Waals surface area contributed by atoms with Crippen molar-refractivity contribution in [3.05, 3.63) is 0 Å². The van der Waals surface area contributed by atoms with Crippen molar-refractivity contribution in [3.8, 4) is 0 Å². The molecule has 1 amide bonds. The molecule has 108 valence electrons. The van der Waals surface area contributed by atoms with Gasteiger partial charge in [-0.05, 0) is 19.8 Å². The van der Waals surface area contributed by atoms with Gasteiger partial charge in [-0.25, -0.2) is 0 Å². The zero-order valence-corrected chi connectivity index (χ0v) is 11.4. The van der Waals surface area contributed by atoms with Crippen LogP contribution in [0.2, 0.25) is 0 Å². The average Bonchev–Trinajstić information content (AvgIpc) is 2.38. The topological polar surface area (TPSA) is 85.0 Å². The molecule has 0 heterocycles. The average molecular weight is 262 g/mol. The number of aliphatic hydroxyl groups is 1. The van der Waals surface area contributed by atoms with Crippen LogP contribution in [0.3, 0.4) is 0 Å². The van der Waals surface area contributed by atoms with Crippen molar-refractivity contribution in [3.63, 3.8) is 0 Å². The van der Waals surface area contributed by atoms with Crippen molar-refractivity contribution < 1.29 is 19.4 Å². The summed E-state index contributed by atoms with van der Waals surface area (Å²) in [5.41, 5.74) is 5.84. The van der Waals surface area contributed by atoms with Crippen molar-refractivity contribution in [2.45, 2.75) is 25.8 Å². The summed E-state index contributed by atoms with van der Waals surface area (Å²) in [6.07, 6.45) is 1.41. The molecule has 0 aliphatic carbocycles. The van der Waals surface area contributed by atoms with Crippen molar-refractivity contribution >= 4 is 5.91 Å². The lowest BCUT2D eigenvalue weighted by atomic mass is 10.1. The minimum Gasteiger partial charge on any atom is -0.394 e. The summed E-state index contributed by atoms with van der Waals surface area (Å²) in [5.74, 6) is -0.0544. The number of hydrogen-bond acceptors (Lipinski definition) is 5. The molecule has 0 saturated heterocycles. The lowest BCUT2D eigenvalue weighted by Gasteiger charge is -2.24. The molecule has 0 aliphatic heterocycles. The molecule has 0 aliphatic rings. The lowest BCUT2D eigenvalue weighted by molar-refractivity contribution is -0.133. The minimum atomic E-state index is -0.474. The van der Waals surface area contributed by atoms with E-state index >= 15 is 0 Å². The van der Waals surface area contributed by atoms with E-state index in [1.54, 1.807) is 12.0 Å². The van der Waals surface area contributed by atoms with Gasteiger partial charge in [-0.3, -0.25) is 4.79 Å². The molecular formula is C12H26N2O4. The van der Waals surface area contributed by atoms with Crippen molar-refractivity contribution in [1.82, 2.24) is 4.90 Å². The first-order valence-electron chi connectivity index (χ1n) is 6.39. The van der Waals surface area contributed by atoms with Crippen LogP contribution < -0.4 is 5.73 Å². The molecule has 1 atom stereocenters. The Bertz CT molecular complexity index is 214. The SMILES string of the molecule is CCN(CCOCCO)C(=O)C(N)CCCOC. The molecule has 6 heteroatoms. The number of nitrogens with two attached hydrogens (primary N) is 1. The Hall–Kier alpha value is -0.690. The van der Waals surface area contributed by atoms with Gasteiger partial charge >= 0.3 is 0 Å². The van der Waals surface area contributed by atoms with Gasteiger partial charge in [0, 0.05) is 26.8 Å². The fourth-order valence-electron chi connectivity index (χ4n) is 1.57. The molecule has 0 aromatic heterocycles. The normalized spacial score (nSPS) is 12.4. The van der Waals surface area contributed by atoms with Gasteiger partial charge in [0.05, 0.1) is 25.9 Å². The van der Waals surface area contributed by atoms with Gasteiger partial charge in [0.25, 0.3) is 0 Å². The summed E-state index contributed by atoms with van der Waals surface area (Å²) in [4.78, 5) is 13.7. The highest BCUT2D eigenvalue weighted by molar-refractivity contribution is 5.81. The van der Waals surface area contributed by atoms with E-state index in [2.05, 4.69) is 0 Å². The number of carbonyl (C=O) groups is 1. The second-order valence-electron chi connectivity index (χ2n) is 4.00. The summed E-state index contributed by atoms with van der Waals surface area (Å²) in [6, 6.07) is -0.474. The van der Waals surface area contributed by atoms with E-state index in [-0.39, 0.29) is 12.5 Å². The second kappa shape index (κ2) is 11.4. The molecule has 0 bridgehead atoms. The van der Waals surface area contributed by atoms with E-state index in [0.29, 0.717) is 39.3 Å². The molecule has 0 spiro atoms. The number of amides is 1. The van der Waals surface area contributed by atoms with E-state index in [1.165, 1.54) is 0 Å². The Morgan fingerprint density at radius 1 is 1.39 bits per heavy atom. The second-order valence-corrected chi connectivity index (χ2v) is 4.00. The Kier molecular flexibility index (Phi) is 11.0. The highest BCUT2D eigenvalue weighted by atomic mass is 16.5. The predicted octanol–water partition coefficient (Wildman–Crippen LogP) is -0.402. The van der Waals surface area contributed by atoms with Crippen LogP contribution in [0.1, 0.15) is 19.8 Å². The van der Waals surface area contributed by atoms with Crippen LogP contribution in [0.5, 0.6) is 0 Å². The Labute approximate surface area is 109 Å². The number of nitrogens with zero attached hydrogens (tertiary/aromatic N) is 1. The summed E-state index contributed by atoms with van der Waals surface area (Å²) in [5, 5.41) is 8.57. The van der Waals surface area contributed by atoms with Crippen LogP contribution >= 0.6 is 0 Å². The van der Waals surface area contributed by atoms with Gasteiger partial charge in [-0.2, -0.15) is 0 Å². The number of rotatable bonds is 11. The number of methoxy groups -OCH3 is 1. The smallest absolute Gasteiger partial charge is 0.239 e. The first kappa shape index (κ1) is 17.3. The fraction of sp³-hybridized carbons (Fsp3) is 0.917. The number of likely N-dealkylation sites (N-methyl/N-ethyl adjacent to an activating group) is 1. The van der Waals surface area contributed by atoms with E-state index in [4.69, 9.17) is 20.3 Å².